The van der Waals surface area contributed by atoms with Crippen LogP contribution in [0, 0.1) is 5.41 Å². The molecule has 3 aromatic carbocycles. The maximum absolute atomic E-state index is 3.95. The van der Waals surface area contributed by atoms with Crippen LogP contribution in [0.15, 0.2) is 61.7 Å². The van der Waals surface area contributed by atoms with Crippen LogP contribution >= 0.6 is 0 Å². The van der Waals surface area contributed by atoms with Crippen molar-refractivity contribution in [2.45, 2.75) is 27.7 Å². The molecule has 0 aromatic heterocycles. The molecule has 0 saturated carbocycles. The van der Waals surface area contributed by atoms with Gasteiger partial charge in [-0.05, 0) is 38.1 Å². The van der Waals surface area contributed by atoms with Crippen molar-refractivity contribution in [2.75, 3.05) is 0 Å². The molecule has 0 saturated heterocycles. The molecule has 3 aromatic rings. The Bertz CT molecular complexity index is 772. The summed E-state index contributed by atoms with van der Waals surface area (Å²) in [6.07, 6.45) is 3.84. The van der Waals surface area contributed by atoms with Crippen LogP contribution in [-0.2, 0) is 0 Å². The summed E-state index contributed by atoms with van der Waals surface area (Å²) in [5.74, 6) is 0. The van der Waals surface area contributed by atoms with Gasteiger partial charge in [-0.2, -0.15) is 0 Å². The average Bonchev–Trinajstić information content (AvgIpc) is 2.52. The van der Waals surface area contributed by atoms with Crippen LogP contribution < -0.4 is 0 Å². The summed E-state index contributed by atoms with van der Waals surface area (Å²) in [4.78, 5) is 0. The Balaban J connectivity index is 0.000000338. The van der Waals surface area contributed by atoms with E-state index in [1.54, 1.807) is 0 Å². The second-order valence-corrected chi connectivity index (χ2v) is 7.33. The Labute approximate surface area is 140 Å². The molecule has 0 aliphatic heterocycles. The smallest absolute Gasteiger partial charge is 0.00990 e. The molecule has 0 N–H and O–H groups in total. The van der Waals surface area contributed by atoms with Gasteiger partial charge in [-0.15, -0.1) is 0 Å². The zero-order chi connectivity index (χ0) is 17.0. The zero-order valence-corrected chi connectivity index (χ0v) is 14.7. The third-order valence-electron chi connectivity index (χ3n) is 3.42. The van der Waals surface area contributed by atoms with Crippen molar-refractivity contribution in [3.8, 4) is 0 Å². The monoisotopic (exact) mass is 302 g/mol. The minimum atomic E-state index is 0.500. The van der Waals surface area contributed by atoms with E-state index in [1.165, 1.54) is 32.7 Å². The number of hydrogen-bond donors (Lipinski definition) is 0. The molecular weight excluding hydrogens is 276 g/mol. The minimum Gasteiger partial charge on any atom is -0.0984 e. The molecule has 118 valence electrons. The molecule has 23 heavy (non-hydrogen) atoms. The van der Waals surface area contributed by atoms with Crippen molar-refractivity contribution < 1.29 is 0 Å². The predicted octanol–water partition coefficient (Wildman–Crippen LogP) is 7.33. The standard InChI is InChI=1S/C18H14.C5H12/c1-3-13-14(4-2)16-10-6-8-12-18(16)17-11-7-5-9-15(13)17;1-5(2,3)4/h3-12H,1-2H2;1-4H3. The minimum absolute atomic E-state index is 0.500. The summed E-state index contributed by atoms with van der Waals surface area (Å²) in [5, 5.41) is 5.02. The highest BCUT2D eigenvalue weighted by atomic mass is 14.1. The van der Waals surface area contributed by atoms with Crippen molar-refractivity contribution in [2.24, 2.45) is 5.41 Å². The first-order valence-electron chi connectivity index (χ1n) is 8.05. The number of benzene rings is 3. The normalized spacial score (nSPS) is 11.0. The molecule has 0 atom stereocenters. The molecule has 0 radical (unpaired) electrons. The van der Waals surface area contributed by atoms with Gasteiger partial charge in [-0.3, -0.25) is 0 Å². The molecular formula is C23H26. The fourth-order valence-corrected chi connectivity index (χ4v) is 2.64. The summed E-state index contributed by atoms with van der Waals surface area (Å²) in [6.45, 7) is 16.6. The number of hydrogen-bond acceptors (Lipinski definition) is 0. The molecule has 0 aliphatic carbocycles. The first-order valence-corrected chi connectivity index (χ1v) is 8.05. The van der Waals surface area contributed by atoms with E-state index in [0.29, 0.717) is 5.41 Å². The zero-order valence-electron chi connectivity index (χ0n) is 14.7. The van der Waals surface area contributed by atoms with Gasteiger partial charge < -0.3 is 0 Å². The van der Waals surface area contributed by atoms with E-state index in [4.69, 9.17) is 0 Å². The first-order chi connectivity index (χ1) is 10.9. The van der Waals surface area contributed by atoms with E-state index in [0.717, 1.165) is 0 Å². The van der Waals surface area contributed by atoms with Crippen molar-refractivity contribution >= 4 is 33.7 Å². The summed E-state index contributed by atoms with van der Waals surface area (Å²) >= 11 is 0. The maximum Gasteiger partial charge on any atom is -0.00990 e. The molecule has 0 bridgehead atoms. The van der Waals surface area contributed by atoms with Crippen molar-refractivity contribution in [1.82, 2.24) is 0 Å². The summed E-state index contributed by atoms with van der Waals surface area (Å²) in [6, 6.07) is 16.9. The highest BCUT2D eigenvalue weighted by Crippen LogP contribution is 2.33. The number of rotatable bonds is 2. The van der Waals surface area contributed by atoms with Crippen LogP contribution in [0.25, 0.3) is 33.7 Å². The average molecular weight is 302 g/mol. The lowest BCUT2D eigenvalue weighted by Gasteiger charge is -2.12. The van der Waals surface area contributed by atoms with E-state index in [2.05, 4.69) is 89.4 Å². The molecule has 0 aliphatic rings. The van der Waals surface area contributed by atoms with Gasteiger partial charge in [-0.1, -0.05) is 102 Å². The van der Waals surface area contributed by atoms with Gasteiger partial charge in [0.25, 0.3) is 0 Å². The molecule has 0 heterocycles. The van der Waals surface area contributed by atoms with Gasteiger partial charge >= 0.3 is 0 Å². The van der Waals surface area contributed by atoms with Crippen LogP contribution in [0.4, 0.5) is 0 Å². The van der Waals surface area contributed by atoms with E-state index >= 15 is 0 Å². The van der Waals surface area contributed by atoms with E-state index in [9.17, 15) is 0 Å². The SMILES string of the molecule is C=Cc1c(C=C)c2ccccc2c2ccccc12.CC(C)(C)C. The largest absolute Gasteiger partial charge is 0.0984 e. The lowest BCUT2D eigenvalue weighted by Crippen LogP contribution is -1.93. The van der Waals surface area contributed by atoms with Gasteiger partial charge in [-0.25, -0.2) is 0 Å². The Kier molecular flexibility index (Phi) is 5.05. The molecule has 0 nitrogen and oxygen atoms in total. The van der Waals surface area contributed by atoms with Crippen LogP contribution in [0.2, 0.25) is 0 Å². The van der Waals surface area contributed by atoms with Gasteiger partial charge in [0.1, 0.15) is 0 Å². The Morgan fingerprint density at radius 3 is 1.13 bits per heavy atom. The summed E-state index contributed by atoms with van der Waals surface area (Å²) in [7, 11) is 0. The lowest BCUT2D eigenvalue weighted by atomic mass is 9.92. The second-order valence-electron chi connectivity index (χ2n) is 7.33. The molecule has 0 spiro atoms. The van der Waals surface area contributed by atoms with Crippen LogP contribution in [-0.4, -0.2) is 0 Å². The second kappa shape index (κ2) is 6.83. The molecule has 0 amide bonds. The molecule has 3 rings (SSSR count). The maximum atomic E-state index is 3.95. The summed E-state index contributed by atoms with van der Waals surface area (Å²) in [5.41, 5.74) is 2.83. The van der Waals surface area contributed by atoms with E-state index < -0.39 is 0 Å². The Morgan fingerprint density at radius 2 is 0.870 bits per heavy atom. The first kappa shape index (κ1) is 17.0. The number of fused-ring (bicyclic) bond motifs is 3. The molecule has 0 fully saturated rings. The van der Waals surface area contributed by atoms with Crippen LogP contribution in [0.1, 0.15) is 38.8 Å². The van der Waals surface area contributed by atoms with Gasteiger partial charge in [0.2, 0.25) is 0 Å². The van der Waals surface area contributed by atoms with Crippen LogP contribution in [0.3, 0.4) is 0 Å². The lowest BCUT2D eigenvalue weighted by molar-refractivity contribution is 0.469. The van der Waals surface area contributed by atoms with E-state index in [-0.39, 0.29) is 0 Å². The fraction of sp³-hybridized carbons (Fsp3) is 0.217. The highest BCUT2D eigenvalue weighted by molar-refractivity contribution is 6.14. The third-order valence-corrected chi connectivity index (χ3v) is 3.42. The van der Waals surface area contributed by atoms with Crippen molar-refractivity contribution in [1.29, 1.82) is 0 Å². The van der Waals surface area contributed by atoms with Crippen LogP contribution in [0.5, 0.6) is 0 Å². The predicted molar refractivity (Wildman–Crippen MR) is 107 cm³/mol. The van der Waals surface area contributed by atoms with Crippen molar-refractivity contribution in [3.63, 3.8) is 0 Å². The highest BCUT2D eigenvalue weighted by Gasteiger charge is 2.09. The van der Waals surface area contributed by atoms with Crippen molar-refractivity contribution in [3.05, 3.63) is 72.8 Å². The van der Waals surface area contributed by atoms with Gasteiger partial charge in [0.15, 0.2) is 0 Å². The van der Waals surface area contributed by atoms with Gasteiger partial charge in [0, 0.05) is 0 Å². The topological polar surface area (TPSA) is 0 Å². The fourth-order valence-electron chi connectivity index (χ4n) is 2.64. The Hall–Kier alpha value is -2.34. The quantitative estimate of drug-likeness (QED) is 0.435. The third kappa shape index (κ3) is 3.90. The van der Waals surface area contributed by atoms with Gasteiger partial charge in [0.05, 0.1) is 0 Å². The summed E-state index contributed by atoms with van der Waals surface area (Å²) < 4.78 is 0. The molecule has 0 unspecified atom stereocenters. The van der Waals surface area contributed by atoms with E-state index in [1.807, 2.05) is 12.2 Å². The molecule has 0 heteroatoms. The Morgan fingerprint density at radius 1 is 0.609 bits per heavy atom.